The quantitative estimate of drug-likeness (QED) is 0.475. The molecule has 0 radical (unpaired) electrons. The Bertz CT molecular complexity index is 1250. The molecule has 3 aromatic rings. The minimum atomic E-state index is -1.30. The predicted octanol–water partition coefficient (Wildman–Crippen LogP) is 5.72. The molecule has 0 bridgehead atoms. The van der Waals surface area contributed by atoms with E-state index in [1.165, 1.54) is 34.9 Å². The smallest absolute Gasteiger partial charge is 0.268 e. The summed E-state index contributed by atoms with van der Waals surface area (Å²) in [5, 5.41) is 1.01. The highest BCUT2D eigenvalue weighted by molar-refractivity contribution is 8.01. The molecule has 1 atom stereocenters. The second kappa shape index (κ2) is 8.10. The van der Waals surface area contributed by atoms with Crippen LogP contribution in [0, 0.1) is 5.82 Å². The van der Waals surface area contributed by atoms with Crippen LogP contribution in [0.25, 0.3) is 0 Å². The number of carbonyl (C=O) groups excluding carboxylic acids is 2. The van der Waals surface area contributed by atoms with Crippen LogP contribution in [0.15, 0.2) is 66.7 Å². The first-order chi connectivity index (χ1) is 15.4. The first-order valence-electron chi connectivity index (χ1n) is 9.99. The maximum absolute atomic E-state index is 14.4. The van der Waals surface area contributed by atoms with Crippen LogP contribution >= 0.6 is 35.0 Å². The molecule has 2 heterocycles. The van der Waals surface area contributed by atoms with Crippen molar-refractivity contribution < 1.29 is 14.0 Å². The van der Waals surface area contributed by atoms with Crippen molar-refractivity contribution in [3.05, 3.63) is 99.3 Å². The van der Waals surface area contributed by atoms with Crippen molar-refractivity contribution >= 4 is 52.5 Å². The number of halogens is 3. The Hall–Kier alpha value is -2.54. The molecule has 32 heavy (non-hydrogen) atoms. The Labute approximate surface area is 198 Å². The van der Waals surface area contributed by atoms with Gasteiger partial charge in [-0.3, -0.25) is 9.59 Å². The molecule has 2 aliphatic rings. The molecule has 0 aliphatic carbocycles. The van der Waals surface area contributed by atoms with Gasteiger partial charge < -0.3 is 9.80 Å². The van der Waals surface area contributed by atoms with Crippen molar-refractivity contribution in [2.45, 2.75) is 11.4 Å². The van der Waals surface area contributed by atoms with E-state index in [1.54, 1.807) is 35.2 Å². The van der Waals surface area contributed by atoms with Crippen molar-refractivity contribution in [2.24, 2.45) is 0 Å². The number of nitrogens with zero attached hydrogens (tertiary/aromatic N) is 2. The van der Waals surface area contributed by atoms with Gasteiger partial charge in [0.15, 0.2) is 4.87 Å². The zero-order chi connectivity index (χ0) is 22.5. The largest absolute Gasteiger partial charge is 0.311 e. The van der Waals surface area contributed by atoms with Crippen LogP contribution in [-0.4, -0.2) is 29.0 Å². The van der Waals surface area contributed by atoms with E-state index in [2.05, 4.69) is 0 Å². The fraction of sp³-hybridized carbons (Fsp3) is 0.167. The summed E-state index contributed by atoms with van der Waals surface area (Å²) in [5.41, 5.74) is 2.03. The second-order valence-corrected chi connectivity index (χ2v) is 9.70. The van der Waals surface area contributed by atoms with Crippen LogP contribution < -0.4 is 4.90 Å². The lowest BCUT2D eigenvalue weighted by Gasteiger charge is -2.33. The summed E-state index contributed by atoms with van der Waals surface area (Å²) in [6, 6.07) is 18.4. The molecular formula is C24H17Cl2FN2O2S. The number of benzene rings is 3. The molecular weight excluding hydrogens is 470 g/mol. The van der Waals surface area contributed by atoms with E-state index in [4.69, 9.17) is 23.2 Å². The predicted molar refractivity (Wildman–Crippen MR) is 126 cm³/mol. The summed E-state index contributed by atoms with van der Waals surface area (Å²) in [5.74, 6) is -0.860. The zero-order valence-corrected chi connectivity index (χ0v) is 19.1. The number of anilines is 1. The van der Waals surface area contributed by atoms with Crippen LogP contribution in [-0.2, 0) is 16.2 Å². The van der Waals surface area contributed by atoms with Gasteiger partial charge in [-0.1, -0.05) is 53.5 Å². The third-order valence-corrected chi connectivity index (χ3v) is 7.81. The first kappa shape index (κ1) is 21.3. The van der Waals surface area contributed by atoms with Gasteiger partial charge in [-0.25, -0.2) is 4.39 Å². The fourth-order valence-corrected chi connectivity index (χ4v) is 6.14. The highest BCUT2D eigenvalue weighted by atomic mass is 35.5. The van der Waals surface area contributed by atoms with Gasteiger partial charge >= 0.3 is 0 Å². The number of fused-ring (bicyclic) bond motifs is 2. The van der Waals surface area contributed by atoms with E-state index in [-0.39, 0.29) is 18.0 Å². The Morgan fingerprint density at radius 2 is 1.81 bits per heavy atom. The van der Waals surface area contributed by atoms with Crippen LogP contribution in [0.3, 0.4) is 0 Å². The Morgan fingerprint density at radius 3 is 2.59 bits per heavy atom. The second-order valence-electron chi connectivity index (χ2n) is 7.57. The number of carbonyl (C=O) groups is 2. The summed E-state index contributed by atoms with van der Waals surface area (Å²) in [6.07, 6.45) is 0. The van der Waals surface area contributed by atoms with Gasteiger partial charge in [0.25, 0.3) is 11.8 Å². The van der Waals surface area contributed by atoms with Crippen molar-refractivity contribution in [3.8, 4) is 0 Å². The van der Waals surface area contributed by atoms with E-state index < -0.39 is 16.6 Å². The standard InChI is InChI=1S/C24H17Cl2FN2O2S/c25-16-9-10-21-18(13-16)24(23(31)28(21)14-15-5-1-3-7-19(15)26)29(11-12-32-24)22(30)17-6-2-4-8-20(17)27/h1-10,13H,11-12,14H2/t24-/m1/s1. The maximum Gasteiger partial charge on any atom is 0.268 e. The SMILES string of the molecule is O=C(c1ccccc1F)N1CCS[C@]12C(=O)N(Cc1ccccc1Cl)c1ccc(Cl)cc12. The van der Waals surface area contributed by atoms with Gasteiger partial charge in [0, 0.05) is 27.9 Å². The van der Waals surface area contributed by atoms with E-state index >= 15 is 0 Å². The molecule has 0 unspecified atom stereocenters. The van der Waals surface area contributed by atoms with Crippen LogP contribution in [0.4, 0.5) is 10.1 Å². The minimum Gasteiger partial charge on any atom is -0.311 e. The first-order valence-corrected chi connectivity index (χ1v) is 11.7. The fourth-order valence-electron chi connectivity index (χ4n) is 4.32. The van der Waals surface area contributed by atoms with Gasteiger partial charge in [0.2, 0.25) is 0 Å². The molecule has 5 rings (SSSR count). The molecule has 2 amide bonds. The number of hydrogen-bond donors (Lipinski definition) is 0. The molecule has 2 aliphatic heterocycles. The molecule has 1 fully saturated rings. The zero-order valence-electron chi connectivity index (χ0n) is 16.7. The van der Waals surface area contributed by atoms with Crippen molar-refractivity contribution in [2.75, 3.05) is 17.2 Å². The maximum atomic E-state index is 14.4. The average molecular weight is 487 g/mol. The minimum absolute atomic E-state index is 0.0599. The molecule has 162 valence electrons. The van der Waals surface area contributed by atoms with Gasteiger partial charge in [0.1, 0.15) is 5.82 Å². The number of hydrogen-bond acceptors (Lipinski definition) is 3. The van der Waals surface area contributed by atoms with E-state index in [0.29, 0.717) is 33.6 Å². The van der Waals surface area contributed by atoms with Crippen LogP contribution in [0.5, 0.6) is 0 Å². The molecule has 0 N–H and O–H groups in total. The van der Waals surface area contributed by atoms with Gasteiger partial charge in [0.05, 0.1) is 17.8 Å². The van der Waals surface area contributed by atoms with Gasteiger partial charge in [-0.2, -0.15) is 0 Å². The van der Waals surface area contributed by atoms with E-state index in [0.717, 1.165) is 5.56 Å². The lowest BCUT2D eigenvalue weighted by Crippen LogP contribution is -2.50. The lowest BCUT2D eigenvalue weighted by molar-refractivity contribution is -0.123. The summed E-state index contributed by atoms with van der Waals surface area (Å²) in [7, 11) is 0. The molecule has 3 aromatic carbocycles. The Morgan fingerprint density at radius 1 is 1.06 bits per heavy atom. The monoisotopic (exact) mass is 486 g/mol. The van der Waals surface area contributed by atoms with Gasteiger partial charge in [-0.05, 0) is 42.0 Å². The number of thioether (sulfide) groups is 1. The number of rotatable bonds is 3. The molecule has 4 nitrogen and oxygen atoms in total. The van der Waals surface area contributed by atoms with Crippen LogP contribution in [0.2, 0.25) is 10.0 Å². The third-order valence-electron chi connectivity index (χ3n) is 5.79. The molecule has 0 aromatic heterocycles. The van der Waals surface area contributed by atoms with Crippen molar-refractivity contribution in [3.63, 3.8) is 0 Å². The summed E-state index contributed by atoms with van der Waals surface area (Å²) in [4.78, 5) is 29.2. The molecule has 1 saturated heterocycles. The van der Waals surface area contributed by atoms with Crippen molar-refractivity contribution in [1.29, 1.82) is 0 Å². The highest BCUT2D eigenvalue weighted by Crippen LogP contribution is 2.55. The third kappa shape index (κ3) is 3.20. The summed E-state index contributed by atoms with van der Waals surface area (Å²) >= 11 is 14.0. The van der Waals surface area contributed by atoms with E-state index in [9.17, 15) is 14.0 Å². The van der Waals surface area contributed by atoms with E-state index in [1.807, 2.05) is 18.2 Å². The topological polar surface area (TPSA) is 40.6 Å². The molecule has 1 spiro atoms. The average Bonchev–Trinajstić information content (AvgIpc) is 3.32. The lowest BCUT2D eigenvalue weighted by atomic mass is 10.0. The Kier molecular flexibility index (Phi) is 5.40. The Balaban J connectivity index is 1.63. The van der Waals surface area contributed by atoms with Crippen molar-refractivity contribution in [1.82, 2.24) is 4.90 Å². The number of amides is 2. The normalized spacial score (nSPS) is 19.7. The summed E-state index contributed by atoms with van der Waals surface area (Å²) < 4.78 is 14.4. The summed E-state index contributed by atoms with van der Waals surface area (Å²) in [6.45, 7) is 0.562. The highest BCUT2D eigenvalue weighted by Gasteiger charge is 2.59. The molecule has 0 saturated carbocycles. The molecule has 8 heteroatoms. The van der Waals surface area contributed by atoms with Gasteiger partial charge in [-0.15, -0.1) is 11.8 Å². The van der Waals surface area contributed by atoms with Crippen LogP contribution in [0.1, 0.15) is 21.5 Å².